The second kappa shape index (κ2) is 5.20. The lowest BCUT2D eigenvalue weighted by Gasteiger charge is -2.01. The normalized spacial score (nSPS) is 10.5. The molecular formula is C16H12N2O3. The second-order valence-corrected chi connectivity index (χ2v) is 4.59. The third-order valence-electron chi connectivity index (χ3n) is 3.09. The van der Waals surface area contributed by atoms with E-state index in [1.807, 2.05) is 30.3 Å². The van der Waals surface area contributed by atoms with E-state index in [4.69, 9.17) is 9.52 Å². The predicted molar refractivity (Wildman–Crippen MR) is 76.9 cm³/mol. The maximum atomic E-state index is 11.0. The third kappa shape index (κ3) is 2.53. The van der Waals surface area contributed by atoms with Crippen molar-refractivity contribution in [3.8, 4) is 22.8 Å². The van der Waals surface area contributed by atoms with Crippen molar-refractivity contribution in [3.63, 3.8) is 0 Å². The fourth-order valence-electron chi connectivity index (χ4n) is 2.06. The highest BCUT2D eigenvalue weighted by Crippen LogP contribution is 2.26. The van der Waals surface area contributed by atoms with Crippen LogP contribution in [0.15, 0.2) is 53.2 Å². The van der Waals surface area contributed by atoms with Gasteiger partial charge in [-0.25, -0.2) is 14.8 Å². The first-order valence-electron chi connectivity index (χ1n) is 6.36. The van der Waals surface area contributed by atoms with Gasteiger partial charge in [0.1, 0.15) is 0 Å². The summed E-state index contributed by atoms with van der Waals surface area (Å²) in [6.45, 7) is 1.70. The van der Waals surface area contributed by atoms with Crippen molar-refractivity contribution < 1.29 is 14.3 Å². The van der Waals surface area contributed by atoms with Gasteiger partial charge in [0, 0.05) is 17.3 Å². The van der Waals surface area contributed by atoms with Gasteiger partial charge in [0.15, 0.2) is 11.5 Å². The standard InChI is InChI=1S/C16H12N2O3/c1-10-7-12(8-17-14(10)16(19)20)13-9-18-15(21-13)11-5-3-2-4-6-11/h2-9H,1H3,(H,19,20). The van der Waals surface area contributed by atoms with E-state index in [1.54, 1.807) is 19.2 Å². The molecule has 0 fully saturated rings. The summed E-state index contributed by atoms with van der Waals surface area (Å²) >= 11 is 0. The van der Waals surface area contributed by atoms with Gasteiger partial charge in [0.2, 0.25) is 5.89 Å². The van der Waals surface area contributed by atoms with Crippen LogP contribution in [-0.2, 0) is 0 Å². The van der Waals surface area contributed by atoms with Crippen LogP contribution in [0.4, 0.5) is 0 Å². The zero-order chi connectivity index (χ0) is 14.8. The molecule has 0 aliphatic carbocycles. The average molecular weight is 280 g/mol. The molecule has 5 nitrogen and oxygen atoms in total. The summed E-state index contributed by atoms with van der Waals surface area (Å²) in [5.74, 6) is 0.0357. The van der Waals surface area contributed by atoms with Gasteiger partial charge in [0.05, 0.1) is 6.20 Å². The average Bonchev–Trinajstić information content (AvgIpc) is 2.97. The van der Waals surface area contributed by atoms with Crippen LogP contribution in [0.2, 0.25) is 0 Å². The van der Waals surface area contributed by atoms with E-state index in [2.05, 4.69) is 9.97 Å². The van der Waals surface area contributed by atoms with Gasteiger partial charge in [-0.05, 0) is 30.7 Å². The number of hydrogen-bond donors (Lipinski definition) is 1. The first-order chi connectivity index (χ1) is 10.1. The first-order valence-corrected chi connectivity index (χ1v) is 6.36. The summed E-state index contributed by atoms with van der Waals surface area (Å²) in [4.78, 5) is 19.1. The fraction of sp³-hybridized carbons (Fsp3) is 0.0625. The fourth-order valence-corrected chi connectivity index (χ4v) is 2.06. The third-order valence-corrected chi connectivity index (χ3v) is 3.09. The second-order valence-electron chi connectivity index (χ2n) is 4.59. The van der Waals surface area contributed by atoms with Crippen LogP contribution >= 0.6 is 0 Å². The van der Waals surface area contributed by atoms with E-state index in [0.29, 0.717) is 22.8 Å². The lowest BCUT2D eigenvalue weighted by atomic mass is 10.1. The SMILES string of the molecule is Cc1cc(-c2cnc(-c3ccccc3)o2)cnc1C(=O)O. The summed E-state index contributed by atoms with van der Waals surface area (Å²) in [5.41, 5.74) is 2.21. The van der Waals surface area contributed by atoms with Crippen LogP contribution in [0, 0.1) is 6.92 Å². The van der Waals surface area contributed by atoms with E-state index in [0.717, 1.165) is 5.56 Å². The number of oxazole rings is 1. The number of carboxylic acid groups (broad SMARTS) is 1. The van der Waals surface area contributed by atoms with Crippen LogP contribution in [0.1, 0.15) is 16.1 Å². The number of aromatic carboxylic acids is 1. The zero-order valence-corrected chi connectivity index (χ0v) is 11.3. The molecule has 0 bridgehead atoms. The molecule has 2 heterocycles. The lowest BCUT2D eigenvalue weighted by Crippen LogP contribution is -2.03. The number of nitrogens with zero attached hydrogens (tertiary/aromatic N) is 2. The molecule has 0 saturated heterocycles. The molecule has 5 heteroatoms. The Morgan fingerprint density at radius 3 is 2.52 bits per heavy atom. The molecule has 1 aromatic carbocycles. The maximum absolute atomic E-state index is 11.0. The number of carboxylic acids is 1. The molecule has 0 radical (unpaired) electrons. The lowest BCUT2D eigenvalue weighted by molar-refractivity contribution is 0.0689. The Kier molecular flexibility index (Phi) is 3.23. The molecule has 0 unspecified atom stereocenters. The minimum atomic E-state index is -1.04. The quantitative estimate of drug-likeness (QED) is 0.795. The topological polar surface area (TPSA) is 76.2 Å². The molecule has 3 aromatic rings. The molecular weight excluding hydrogens is 268 g/mol. The van der Waals surface area contributed by atoms with Crippen molar-refractivity contribution >= 4 is 5.97 Å². The van der Waals surface area contributed by atoms with E-state index in [9.17, 15) is 4.79 Å². The molecule has 0 atom stereocenters. The monoisotopic (exact) mass is 280 g/mol. The minimum Gasteiger partial charge on any atom is -0.477 e. The van der Waals surface area contributed by atoms with Gasteiger partial charge in [-0.1, -0.05) is 18.2 Å². The molecule has 2 aromatic heterocycles. The summed E-state index contributed by atoms with van der Waals surface area (Å²) in [6, 6.07) is 11.3. The molecule has 0 aliphatic rings. The molecule has 0 amide bonds. The van der Waals surface area contributed by atoms with Gasteiger partial charge in [-0.2, -0.15) is 0 Å². The highest BCUT2D eigenvalue weighted by molar-refractivity contribution is 5.87. The molecule has 1 N–H and O–H groups in total. The van der Waals surface area contributed by atoms with Crippen LogP contribution in [-0.4, -0.2) is 21.0 Å². The Bertz CT molecular complexity index is 794. The molecule has 3 rings (SSSR count). The van der Waals surface area contributed by atoms with E-state index < -0.39 is 5.97 Å². The van der Waals surface area contributed by atoms with E-state index in [-0.39, 0.29) is 5.69 Å². The molecule has 0 spiro atoms. The number of aryl methyl sites for hydroxylation is 1. The van der Waals surface area contributed by atoms with Crippen molar-refractivity contribution in [2.24, 2.45) is 0 Å². The van der Waals surface area contributed by atoms with Gasteiger partial charge < -0.3 is 9.52 Å². The largest absolute Gasteiger partial charge is 0.477 e. The van der Waals surface area contributed by atoms with Crippen molar-refractivity contribution in [3.05, 3.63) is 60.0 Å². The number of aromatic nitrogens is 2. The number of hydrogen-bond acceptors (Lipinski definition) is 4. The molecule has 0 aliphatic heterocycles. The summed E-state index contributed by atoms with van der Waals surface area (Å²) in [5, 5.41) is 8.98. The van der Waals surface area contributed by atoms with Crippen molar-refractivity contribution in [1.82, 2.24) is 9.97 Å². The molecule has 21 heavy (non-hydrogen) atoms. The van der Waals surface area contributed by atoms with E-state index >= 15 is 0 Å². The minimum absolute atomic E-state index is 0.0431. The smallest absolute Gasteiger partial charge is 0.354 e. The first kappa shape index (κ1) is 13.1. The summed E-state index contributed by atoms with van der Waals surface area (Å²) < 4.78 is 5.71. The highest BCUT2D eigenvalue weighted by Gasteiger charge is 2.13. The Hall–Kier alpha value is -2.95. The predicted octanol–water partition coefficient (Wildman–Crippen LogP) is 3.41. The maximum Gasteiger partial charge on any atom is 0.354 e. The van der Waals surface area contributed by atoms with Gasteiger partial charge in [-0.3, -0.25) is 0 Å². The number of carbonyl (C=O) groups is 1. The Balaban J connectivity index is 1.97. The zero-order valence-electron chi connectivity index (χ0n) is 11.3. The van der Waals surface area contributed by atoms with Crippen molar-refractivity contribution in [2.45, 2.75) is 6.92 Å². The van der Waals surface area contributed by atoms with E-state index in [1.165, 1.54) is 6.20 Å². The summed E-state index contributed by atoms with van der Waals surface area (Å²) in [7, 11) is 0. The summed E-state index contributed by atoms with van der Waals surface area (Å²) in [6.07, 6.45) is 3.09. The van der Waals surface area contributed by atoms with Crippen LogP contribution in [0.3, 0.4) is 0 Å². The van der Waals surface area contributed by atoms with Crippen LogP contribution in [0.5, 0.6) is 0 Å². The Morgan fingerprint density at radius 1 is 1.10 bits per heavy atom. The van der Waals surface area contributed by atoms with Crippen molar-refractivity contribution in [1.29, 1.82) is 0 Å². The van der Waals surface area contributed by atoms with Gasteiger partial charge >= 0.3 is 5.97 Å². The van der Waals surface area contributed by atoms with Gasteiger partial charge in [-0.15, -0.1) is 0 Å². The van der Waals surface area contributed by atoms with Gasteiger partial charge in [0.25, 0.3) is 0 Å². The molecule has 104 valence electrons. The van der Waals surface area contributed by atoms with Crippen LogP contribution in [0.25, 0.3) is 22.8 Å². The number of rotatable bonds is 3. The number of pyridine rings is 1. The number of benzene rings is 1. The molecule has 0 saturated carbocycles. The highest BCUT2D eigenvalue weighted by atomic mass is 16.4. The Morgan fingerprint density at radius 2 is 1.86 bits per heavy atom. The van der Waals surface area contributed by atoms with Crippen LogP contribution < -0.4 is 0 Å². The Labute approximate surface area is 120 Å². The van der Waals surface area contributed by atoms with Crippen molar-refractivity contribution in [2.75, 3.05) is 0 Å².